The van der Waals surface area contributed by atoms with E-state index in [1.54, 1.807) is 23.0 Å². The summed E-state index contributed by atoms with van der Waals surface area (Å²) in [6.45, 7) is 1.56. The molecule has 1 unspecified atom stereocenters. The van der Waals surface area contributed by atoms with E-state index in [0.717, 1.165) is 23.2 Å². The molecule has 0 radical (unpaired) electrons. The van der Waals surface area contributed by atoms with Crippen molar-refractivity contribution in [1.82, 2.24) is 29.7 Å². The third-order valence-corrected chi connectivity index (χ3v) is 5.52. The van der Waals surface area contributed by atoms with Gasteiger partial charge in [0.1, 0.15) is 12.4 Å². The van der Waals surface area contributed by atoms with Crippen LogP contribution in [0.5, 0.6) is 0 Å². The minimum atomic E-state index is -0.272. The number of hydrogen-bond donors (Lipinski definition) is 0. The SMILES string of the molecule is O=C(Cn1cc(-c2ccc(F)cc2)cn1)N1CCC(n2cc(C3CC3)nn2)C1. The monoisotopic (exact) mass is 380 g/mol. The highest BCUT2D eigenvalue weighted by atomic mass is 19.1. The molecule has 0 bridgehead atoms. The van der Waals surface area contributed by atoms with Gasteiger partial charge in [-0.05, 0) is 37.0 Å². The molecule has 2 aliphatic rings. The molecule has 0 spiro atoms. The van der Waals surface area contributed by atoms with Crippen LogP contribution in [0.3, 0.4) is 0 Å². The number of carbonyl (C=O) groups is 1. The third kappa shape index (κ3) is 3.42. The molecule has 0 N–H and O–H groups in total. The number of nitrogens with zero attached hydrogens (tertiary/aromatic N) is 6. The zero-order valence-corrected chi connectivity index (χ0v) is 15.4. The number of amides is 1. The van der Waals surface area contributed by atoms with Crippen molar-refractivity contribution in [2.75, 3.05) is 13.1 Å². The molecule has 3 aromatic rings. The molecule has 1 amide bonds. The summed E-state index contributed by atoms with van der Waals surface area (Å²) >= 11 is 0. The summed E-state index contributed by atoms with van der Waals surface area (Å²) in [7, 11) is 0. The summed E-state index contributed by atoms with van der Waals surface area (Å²) < 4.78 is 16.6. The first-order chi connectivity index (χ1) is 13.7. The van der Waals surface area contributed by atoms with Gasteiger partial charge in [0.05, 0.1) is 17.9 Å². The maximum Gasteiger partial charge on any atom is 0.244 e. The summed E-state index contributed by atoms with van der Waals surface area (Å²) in [4.78, 5) is 14.5. The van der Waals surface area contributed by atoms with Gasteiger partial charge >= 0.3 is 0 Å². The van der Waals surface area contributed by atoms with Crippen LogP contribution in [0.4, 0.5) is 4.39 Å². The van der Waals surface area contributed by atoms with Gasteiger partial charge in [0.2, 0.25) is 5.91 Å². The van der Waals surface area contributed by atoms with E-state index < -0.39 is 0 Å². The van der Waals surface area contributed by atoms with Gasteiger partial charge in [0, 0.05) is 37.0 Å². The first kappa shape index (κ1) is 17.1. The topological polar surface area (TPSA) is 68.8 Å². The lowest BCUT2D eigenvalue weighted by molar-refractivity contribution is -0.131. The Morgan fingerprint density at radius 3 is 2.71 bits per heavy atom. The van der Waals surface area contributed by atoms with Gasteiger partial charge in [-0.3, -0.25) is 9.48 Å². The molecular weight excluding hydrogens is 359 g/mol. The van der Waals surface area contributed by atoms with E-state index in [0.29, 0.717) is 19.0 Å². The van der Waals surface area contributed by atoms with Crippen LogP contribution in [-0.4, -0.2) is 48.7 Å². The van der Waals surface area contributed by atoms with Crippen LogP contribution < -0.4 is 0 Å². The lowest BCUT2D eigenvalue weighted by atomic mass is 10.1. The van der Waals surface area contributed by atoms with Crippen molar-refractivity contribution in [2.45, 2.75) is 37.8 Å². The summed E-state index contributed by atoms with van der Waals surface area (Å²) in [5, 5.41) is 12.8. The molecule has 144 valence electrons. The quantitative estimate of drug-likeness (QED) is 0.682. The minimum Gasteiger partial charge on any atom is -0.339 e. The van der Waals surface area contributed by atoms with E-state index in [9.17, 15) is 9.18 Å². The van der Waals surface area contributed by atoms with Crippen LogP contribution in [0.1, 0.15) is 36.9 Å². The lowest BCUT2D eigenvalue weighted by Crippen LogP contribution is -2.32. The van der Waals surface area contributed by atoms with E-state index in [2.05, 4.69) is 15.4 Å². The Kier molecular flexibility index (Phi) is 4.18. The second-order valence-electron chi connectivity index (χ2n) is 7.61. The Hall–Kier alpha value is -3.03. The fraction of sp³-hybridized carbons (Fsp3) is 0.400. The van der Waals surface area contributed by atoms with E-state index in [1.165, 1.54) is 25.0 Å². The van der Waals surface area contributed by atoms with Crippen molar-refractivity contribution in [2.24, 2.45) is 0 Å². The predicted octanol–water partition coefficient (Wildman–Crippen LogP) is 2.63. The van der Waals surface area contributed by atoms with Gasteiger partial charge in [0.15, 0.2) is 0 Å². The van der Waals surface area contributed by atoms with Gasteiger partial charge in [-0.25, -0.2) is 9.07 Å². The van der Waals surface area contributed by atoms with Gasteiger partial charge < -0.3 is 4.90 Å². The summed E-state index contributed by atoms with van der Waals surface area (Å²) in [6.07, 6.45) is 8.85. The standard InChI is InChI=1S/C20H21FN6O/c21-17-5-3-14(4-6-17)16-9-22-26(10-16)13-20(28)25-8-7-18(11-25)27-12-19(23-24-27)15-1-2-15/h3-6,9-10,12,15,18H,1-2,7-8,11,13H2. The fourth-order valence-electron chi connectivity index (χ4n) is 3.70. The molecule has 1 aliphatic heterocycles. The van der Waals surface area contributed by atoms with Crippen LogP contribution >= 0.6 is 0 Å². The summed E-state index contributed by atoms with van der Waals surface area (Å²) in [5.74, 6) is 0.355. The lowest BCUT2D eigenvalue weighted by Gasteiger charge is -2.16. The molecule has 8 heteroatoms. The predicted molar refractivity (Wildman–Crippen MR) is 99.9 cm³/mol. The van der Waals surface area contributed by atoms with Gasteiger partial charge in [0.25, 0.3) is 0 Å². The van der Waals surface area contributed by atoms with Crippen LogP contribution in [0.25, 0.3) is 11.1 Å². The first-order valence-electron chi connectivity index (χ1n) is 9.63. The Bertz CT molecular complexity index is 990. The normalized spacial score (nSPS) is 19.3. The molecule has 1 saturated carbocycles. The molecule has 3 heterocycles. The molecule has 5 rings (SSSR count). The van der Waals surface area contributed by atoms with Crippen LogP contribution in [0.15, 0.2) is 42.9 Å². The first-order valence-corrected chi connectivity index (χ1v) is 9.63. The molecule has 2 fully saturated rings. The second kappa shape index (κ2) is 6.85. The second-order valence-corrected chi connectivity index (χ2v) is 7.61. The maximum atomic E-state index is 13.1. The van der Waals surface area contributed by atoms with E-state index in [-0.39, 0.29) is 24.3 Å². The third-order valence-electron chi connectivity index (χ3n) is 5.52. The highest BCUT2D eigenvalue weighted by Crippen LogP contribution is 2.39. The molecule has 1 aromatic carbocycles. The maximum absolute atomic E-state index is 13.1. The molecular formula is C20H21FN6O. The number of carbonyl (C=O) groups excluding carboxylic acids is 1. The van der Waals surface area contributed by atoms with Crippen molar-refractivity contribution >= 4 is 5.91 Å². The van der Waals surface area contributed by atoms with E-state index in [4.69, 9.17) is 0 Å². The van der Waals surface area contributed by atoms with Crippen LogP contribution in [0.2, 0.25) is 0 Å². The Labute approximate surface area is 161 Å². The van der Waals surface area contributed by atoms with Gasteiger partial charge in [-0.2, -0.15) is 5.10 Å². The average molecular weight is 380 g/mol. The van der Waals surface area contributed by atoms with Crippen molar-refractivity contribution in [3.05, 3.63) is 54.4 Å². The molecule has 1 aliphatic carbocycles. The van der Waals surface area contributed by atoms with Gasteiger partial charge in [-0.15, -0.1) is 5.10 Å². The number of hydrogen-bond acceptors (Lipinski definition) is 4. The van der Waals surface area contributed by atoms with Crippen LogP contribution in [0, 0.1) is 5.82 Å². The molecule has 1 atom stereocenters. The molecule has 28 heavy (non-hydrogen) atoms. The zero-order chi connectivity index (χ0) is 19.1. The smallest absolute Gasteiger partial charge is 0.244 e. The largest absolute Gasteiger partial charge is 0.339 e. The Morgan fingerprint density at radius 2 is 1.93 bits per heavy atom. The molecule has 7 nitrogen and oxygen atoms in total. The number of benzene rings is 1. The van der Waals surface area contributed by atoms with Gasteiger partial charge in [-0.1, -0.05) is 17.3 Å². The average Bonchev–Trinajstić information content (AvgIpc) is 3.12. The number of aromatic nitrogens is 5. The van der Waals surface area contributed by atoms with E-state index >= 15 is 0 Å². The summed E-state index contributed by atoms with van der Waals surface area (Å²) in [6, 6.07) is 6.44. The zero-order valence-electron chi connectivity index (χ0n) is 15.4. The van der Waals surface area contributed by atoms with Crippen molar-refractivity contribution in [1.29, 1.82) is 0 Å². The highest BCUT2D eigenvalue weighted by molar-refractivity contribution is 5.76. The number of rotatable bonds is 5. The van der Waals surface area contributed by atoms with Crippen molar-refractivity contribution in [3.8, 4) is 11.1 Å². The van der Waals surface area contributed by atoms with Crippen molar-refractivity contribution in [3.63, 3.8) is 0 Å². The summed E-state index contributed by atoms with van der Waals surface area (Å²) in [5.41, 5.74) is 2.82. The minimum absolute atomic E-state index is 0.0405. The number of halogens is 1. The number of likely N-dealkylation sites (tertiary alicyclic amines) is 1. The Balaban J connectivity index is 1.20. The van der Waals surface area contributed by atoms with Crippen molar-refractivity contribution < 1.29 is 9.18 Å². The Morgan fingerprint density at radius 1 is 1.11 bits per heavy atom. The highest BCUT2D eigenvalue weighted by Gasteiger charge is 2.31. The fourth-order valence-corrected chi connectivity index (χ4v) is 3.70. The molecule has 1 saturated heterocycles. The van der Waals surface area contributed by atoms with E-state index in [1.807, 2.05) is 22.0 Å². The van der Waals surface area contributed by atoms with Crippen LogP contribution in [-0.2, 0) is 11.3 Å². The molecule has 2 aromatic heterocycles.